The van der Waals surface area contributed by atoms with E-state index in [1.165, 1.54) is 5.56 Å². The SMILES string of the molecule is CCO[Si](CCCCl)(OCC)OCC.c1ccc(Cc2ncc[nH]2)cc1. The van der Waals surface area contributed by atoms with Crippen molar-refractivity contribution in [3.8, 4) is 0 Å². The summed E-state index contributed by atoms with van der Waals surface area (Å²) < 4.78 is 16.9. The number of hydrogen-bond donors (Lipinski definition) is 1. The van der Waals surface area contributed by atoms with Gasteiger partial charge in [-0.15, -0.1) is 11.6 Å². The molecule has 1 N–H and O–H groups in total. The molecule has 1 heterocycles. The first-order valence-electron chi connectivity index (χ1n) is 9.19. The number of H-pyrrole nitrogens is 1. The molecular weight excluding hydrogens is 368 g/mol. The van der Waals surface area contributed by atoms with Crippen LogP contribution in [0.4, 0.5) is 0 Å². The maximum atomic E-state index is 5.66. The summed E-state index contributed by atoms with van der Waals surface area (Å²) in [6.45, 7) is 7.78. The van der Waals surface area contributed by atoms with Crippen molar-refractivity contribution < 1.29 is 13.3 Å². The topological polar surface area (TPSA) is 56.4 Å². The van der Waals surface area contributed by atoms with Crippen molar-refractivity contribution in [3.63, 3.8) is 0 Å². The van der Waals surface area contributed by atoms with Gasteiger partial charge in [-0.2, -0.15) is 0 Å². The van der Waals surface area contributed by atoms with Crippen LogP contribution in [0.25, 0.3) is 0 Å². The van der Waals surface area contributed by atoms with E-state index in [1.807, 2.05) is 45.2 Å². The van der Waals surface area contributed by atoms with Crippen molar-refractivity contribution in [2.75, 3.05) is 25.7 Å². The number of nitrogens with one attached hydrogen (secondary N) is 1. The zero-order valence-electron chi connectivity index (χ0n) is 16.0. The quantitative estimate of drug-likeness (QED) is 0.441. The van der Waals surface area contributed by atoms with Gasteiger partial charge in [-0.3, -0.25) is 0 Å². The number of aromatic amines is 1. The summed E-state index contributed by atoms with van der Waals surface area (Å²) in [5.41, 5.74) is 1.28. The predicted molar refractivity (Wildman–Crippen MR) is 109 cm³/mol. The van der Waals surface area contributed by atoms with Crippen molar-refractivity contribution in [2.45, 2.75) is 39.7 Å². The monoisotopic (exact) mass is 398 g/mol. The number of hydrogen-bond acceptors (Lipinski definition) is 4. The summed E-state index contributed by atoms with van der Waals surface area (Å²) in [7, 11) is -2.40. The summed E-state index contributed by atoms with van der Waals surface area (Å²) in [6.07, 6.45) is 5.39. The van der Waals surface area contributed by atoms with Crippen molar-refractivity contribution >= 4 is 20.4 Å². The molecule has 1 aromatic carbocycles. The Morgan fingerprint density at radius 1 is 1.00 bits per heavy atom. The number of benzene rings is 1. The molecule has 0 aliphatic rings. The molecule has 7 heteroatoms. The second kappa shape index (κ2) is 13.9. The highest BCUT2D eigenvalue weighted by Crippen LogP contribution is 2.18. The molecule has 5 nitrogen and oxygen atoms in total. The van der Waals surface area contributed by atoms with Crippen molar-refractivity contribution in [2.24, 2.45) is 0 Å². The van der Waals surface area contributed by atoms with Gasteiger partial charge < -0.3 is 18.3 Å². The average Bonchev–Trinajstić information content (AvgIpc) is 3.15. The van der Waals surface area contributed by atoms with Gasteiger partial charge in [0, 0.05) is 50.6 Å². The third kappa shape index (κ3) is 8.96. The molecule has 0 atom stereocenters. The summed E-state index contributed by atoms with van der Waals surface area (Å²) in [4.78, 5) is 7.23. The molecule has 0 unspecified atom stereocenters. The molecule has 2 rings (SSSR count). The molecule has 1 aromatic heterocycles. The first-order valence-corrected chi connectivity index (χ1v) is 11.7. The van der Waals surface area contributed by atoms with E-state index in [1.54, 1.807) is 6.20 Å². The van der Waals surface area contributed by atoms with Gasteiger partial charge in [0.15, 0.2) is 0 Å². The minimum atomic E-state index is -2.40. The Kier molecular flexibility index (Phi) is 12.3. The summed E-state index contributed by atoms with van der Waals surface area (Å²) in [5.74, 6) is 1.64. The van der Waals surface area contributed by atoms with E-state index in [0.717, 1.165) is 24.7 Å². The second-order valence-corrected chi connectivity index (χ2v) is 8.58. The lowest BCUT2D eigenvalue weighted by Gasteiger charge is -2.28. The van der Waals surface area contributed by atoms with Crippen LogP contribution in [0, 0.1) is 0 Å². The van der Waals surface area contributed by atoms with Gasteiger partial charge in [0.1, 0.15) is 5.82 Å². The van der Waals surface area contributed by atoms with E-state index in [0.29, 0.717) is 25.7 Å². The van der Waals surface area contributed by atoms with Crippen molar-refractivity contribution in [1.29, 1.82) is 0 Å². The fourth-order valence-corrected chi connectivity index (χ4v) is 5.44. The number of nitrogens with zero attached hydrogens (tertiary/aromatic N) is 1. The van der Waals surface area contributed by atoms with E-state index in [9.17, 15) is 0 Å². The lowest BCUT2D eigenvalue weighted by molar-refractivity contribution is 0.0712. The molecule has 0 radical (unpaired) electrons. The van der Waals surface area contributed by atoms with Crippen molar-refractivity contribution in [1.82, 2.24) is 9.97 Å². The van der Waals surface area contributed by atoms with Crippen LogP contribution in [0.1, 0.15) is 38.6 Å². The number of halogens is 1. The largest absolute Gasteiger partial charge is 0.500 e. The molecule has 26 heavy (non-hydrogen) atoms. The van der Waals surface area contributed by atoms with E-state index < -0.39 is 8.80 Å². The number of aromatic nitrogens is 2. The van der Waals surface area contributed by atoms with E-state index in [4.69, 9.17) is 24.9 Å². The fraction of sp³-hybridized carbons (Fsp3) is 0.526. The molecule has 0 bridgehead atoms. The van der Waals surface area contributed by atoms with Gasteiger partial charge in [0.05, 0.1) is 0 Å². The smallest absolute Gasteiger partial charge is 0.374 e. The van der Waals surface area contributed by atoms with Crippen LogP contribution >= 0.6 is 11.6 Å². The second-order valence-electron chi connectivity index (χ2n) is 5.47. The maximum absolute atomic E-state index is 5.66. The van der Waals surface area contributed by atoms with Gasteiger partial charge in [0.2, 0.25) is 0 Å². The standard InChI is InChI=1S/C10H10N2.C9H21ClO3Si/c1-2-4-9(5-3-1)8-10-11-6-7-12-10;1-4-11-14(12-5-2,13-6-3)9-7-8-10/h1-7H,8H2,(H,11,12);4-9H2,1-3H3. The summed E-state index contributed by atoms with van der Waals surface area (Å²) >= 11 is 5.66. The fourth-order valence-electron chi connectivity index (χ4n) is 2.47. The number of imidazole rings is 1. The molecule has 146 valence electrons. The molecule has 0 saturated heterocycles. The van der Waals surface area contributed by atoms with Crippen LogP contribution in [0.15, 0.2) is 42.7 Å². The first kappa shape index (κ1) is 22.9. The van der Waals surface area contributed by atoms with E-state index in [-0.39, 0.29) is 0 Å². The number of alkyl halides is 1. The highest BCUT2D eigenvalue weighted by Gasteiger charge is 2.39. The van der Waals surface area contributed by atoms with Crippen molar-refractivity contribution in [3.05, 3.63) is 54.1 Å². The van der Waals surface area contributed by atoms with Crippen LogP contribution in [0.3, 0.4) is 0 Å². The van der Waals surface area contributed by atoms with E-state index >= 15 is 0 Å². The van der Waals surface area contributed by atoms with Crippen LogP contribution in [0.2, 0.25) is 6.04 Å². The van der Waals surface area contributed by atoms with Gasteiger partial charge in [-0.05, 0) is 32.8 Å². The minimum absolute atomic E-state index is 0.627. The van der Waals surface area contributed by atoms with E-state index in [2.05, 4.69) is 22.1 Å². The number of rotatable bonds is 11. The molecule has 0 spiro atoms. The third-order valence-electron chi connectivity index (χ3n) is 3.48. The molecule has 0 saturated carbocycles. The Hall–Kier alpha value is -1.18. The lowest BCUT2D eigenvalue weighted by Crippen LogP contribution is -2.46. The van der Waals surface area contributed by atoms with Gasteiger partial charge in [-0.1, -0.05) is 30.3 Å². The van der Waals surface area contributed by atoms with Crippen LogP contribution in [0.5, 0.6) is 0 Å². The third-order valence-corrected chi connectivity index (χ3v) is 6.90. The van der Waals surface area contributed by atoms with Gasteiger partial charge in [-0.25, -0.2) is 4.98 Å². The molecule has 0 aliphatic carbocycles. The zero-order chi connectivity index (χ0) is 19.1. The normalized spacial score (nSPS) is 11.1. The minimum Gasteiger partial charge on any atom is -0.374 e. The van der Waals surface area contributed by atoms with Crippen LogP contribution in [-0.2, 0) is 19.7 Å². The van der Waals surface area contributed by atoms with Gasteiger partial charge in [0.25, 0.3) is 0 Å². The summed E-state index contributed by atoms with van der Waals surface area (Å²) in [6, 6.07) is 11.1. The van der Waals surface area contributed by atoms with Gasteiger partial charge >= 0.3 is 8.80 Å². The first-order chi connectivity index (χ1) is 12.7. The van der Waals surface area contributed by atoms with Crippen LogP contribution in [-0.4, -0.2) is 44.5 Å². The highest BCUT2D eigenvalue weighted by molar-refractivity contribution is 6.60. The predicted octanol–water partition coefficient (Wildman–Crippen LogP) is 4.66. The molecule has 0 fully saturated rings. The molecule has 0 aliphatic heterocycles. The molecule has 2 aromatic rings. The Bertz CT molecular complexity index is 538. The Labute approximate surface area is 163 Å². The Balaban J connectivity index is 0.000000262. The summed E-state index contributed by atoms with van der Waals surface area (Å²) in [5, 5.41) is 0. The highest BCUT2D eigenvalue weighted by atomic mass is 35.5. The molecule has 0 amide bonds. The average molecular weight is 399 g/mol. The Morgan fingerprint density at radius 2 is 1.62 bits per heavy atom. The Morgan fingerprint density at radius 3 is 2.08 bits per heavy atom. The zero-order valence-corrected chi connectivity index (χ0v) is 17.8. The van der Waals surface area contributed by atoms with Crippen LogP contribution < -0.4 is 0 Å². The maximum Gasteiger partial charge on any atom is 0.500 e. The molecular formula is C19H31ClN2O3Si. The lowest BCUT2D eigenvalue weighted by atomic mass is 10.1.